The van der Waals surface area contributed by atoms with E-state index in [0.717, 1.165) is 0 Å². The zero-order valence-corrected chi connectivity index (χ0v) is 10.3. The Kier molecular flexibility index (Phi) is 4.34. The maximum Gasteiger partial charge on any atom is 0.312 e. The second kappa shape index (κ2) is 5.56. The normalized spacial score (nSPS) is 10.9. The van der Waals surface area contributed by atoms with Crippen LogP contribution in [0.4, 0.5) is 16.2 Å². The van der Waals surface area contributed by atoms with E-state index in [2.05, 4.69) is 10.6 Å². The van der Waals surface area contributed by atoms with Gasteiger partial charge in [-0.2, -0.15) is 0 Å². The van der Waals surface area contributed by atoms with Crippen LogP contribution < -0.4 is 27.2 Å². The van der Waals surface area contributed by atoms with E-state index in [1.807, 2.05) is 0 Å². The first-order valence-corrected chi connectivity index (χ1v) is 6.55. The summed E-state index contributed by atoms with van der Waals surface area (Å²) >= 11 is 0. The lowest BCUT2D eigenvalue weighted by Gasteiger charge is -2.11. The van der Waals surface area contributed by atoms with Gasteiger partial charge in [0.1, 0.15) is 4.90 Å². The largest absolute Gasteiger partial charge is 0.399 e. The van der Waals surface area contributed by atoms with Crippen molar-refractivity contribution < 1.29 is 13.2 Å². The van der Waals surface area contributed by atoms with Gasteiger partial charge in [0.25, 0.3) is 0 Å². The summed E-state index contributed by atoms with van der Waals surface area (Å²) in [7, 11) is -3.86. The van der Waals surface area contributed by atoms with Crippen LogP contribution in [-0.4, -0.2) is 27.5 Å². The summed E-state index contributed by atoms with van der Waals surface area (Å²) in [6.07, 6.45) is 0. The molecule has 2 amide bonds. The number of hydrogen-bond donors (Lipinski definition) is 5. The number of rotatable bonds is 5. The molecule has 0 aliphatic carbocycles. The minimum absolute atomic E-state index is 0.0958. The highest BCUT2D eigenvalue weighted by molar-refractivity contribution is 7.89. The number of hydrogen-bond acceptors (Lipinski definition) is 5. The number of anilines is 2. The highest BCUT2D eigenvalue weighted by Crippen LogP contribution is 2.22. The molecule has 0 aliphatic rings. The van der Waals surface area contributed by atoms with Gasteiger partial charge in [0.05, 0.1) is 5.69 Å². The van der Waals surface area contributed by atoms with Gasteiger partial charge < -0.3 is 22.1 Å². The number of urea groups is 1. The zero-order valence-electron chi connectivity index (χ0n) is 9.51. The molecule has 1 rings (SSSR count). The lowest BCUT2D eigenvalue weighted by molar-refractivity contribution is 0.249. The maximum atomic E-state index is 11.3. The van der Waals surface area contributed by atoms with Gasteiger partial charge in [0, 0.05) is 18.8 Å². The number of sulfonamides is 1. The third-order valence-electron chi connectivity index (χ3n) is 2.05. The fourth-order valence-corrected chi connectivity index (χ4v) is 2.05. The fraction of sp³-hybridized carbons (Fsp3) is 0.222. The number of primary amides is 1. The molecule has 18 heavy (non-hydrogen) atoms. The quantitative estimate of drug-likeness (QED) is 0.344. The predicted octanol–water partition coefficient (Wildman–Crippen LogP) is -1.00. The van der Waals surface area contributed by atoms with E-state index in [9.17, 15) is 13.2 Å². The predicted molar refractivity (Wildman–Crippen MR) is 68.3 cm³/mol. The van der Waals surface area contributed by atoms with Gasteiger partial charge in [-0.25, -0.2) is 18.4 Å². The smallest absolute Gasteiger partial charge is 0.312 e. The molecule has 8 N–H and O–H groups in total. The maximum absolute atomic E-state index is 11.3. The zero-order chi connectivity index (χ0) is 13.8. The summed E-state index contributed by atoms with van der Waals surface area (Å²) in [5, 5.41) is 10.2. The fourth-order valence-electron chi connectivity index (χ4n) is 1.30. The number of amides is 2. The molecular weight excluding hydrogens is 258 g/mol. The average molecular weight is 273 g/mol. The van der Waals surface area contributed by atoms with Crippen molar-refractivity contribution in [2.45, 2.75) is 4.90 Å². The molecule has 1 aromatic carbocycles. The van der Waals surface area contributed by atoms with Crippen molar-refractivity contribution >= 4 is 27.4 Å². The summed E-state index contributed by atoms with van der Waals surface area (Å²) in [6, 6.07) is 3.65. The summed E-state index contributed by atoms with van der Waals surface area (Å²) in [4.78, 5) is 10.3. The molecule has 0 bridgehead atoms. The van der Waals surface area contributed by atoms with Gasteiger partial charge in [-0.3, -0.25) is 0 Å². The Balaban J connectivity index is 2.80. The Morgan fingerprint density at radius 3 is 2.50 bits per heavy atom. The molecule has 0 fully saturated rings. The van der Waals surface area contributed by atoms with Gasteiger partial charge in [-0.05, 0) is 18.2 Å². The number of carbonyl (C=O) groups excluding carboxylic acids is 1. The highest BCUT2D eigenvalue weighted by Gasteiger charge is 2.13. The number of nitrogens with one attached hydrogen (secondary N) is 2. The number of nitrogen functional groups attached to an aromatic ring is 1. The van der Waals surface area contributed by atoms with Crippen LogP contribution in [-0.2, 0) is 10.0 Å². The summed E-state index contributed by atoms with van der Waals surface area (Å²) in [6.45, 7) is 0.555. The Bertz CT molecular complexity index is 543. The molecule has 0 spiro atoms. The molecule has 0 unspecified atom stereocenters. The van der Waals surface area contributed by atoms with Crippen molar-refractivity contribution in [3.8, 4) is 0 Å². The molecule has 8 nitrogen and oxygen atoms in total. The molecule has 100 valence electrons. The van der Waals surface area contributed by atoms with Crippen molar-refractivity contribution in [3.05, 3.63) is 18.2 Å². The monoisotopic (exact) mass is 273 g/mol. The molecule has 0 aliphatic heterocycles. The Hall–Kier alpha value is -2.00. The van der Waals surface area contributed by atoms with Crippen molar-refractivity contribution in [2.24, 2.45) is 10.9 Å². The Labute approximate surface area is 105 Å². The van der Waals surface area contributed by atoms with Crippen molar-refractivity contribution in [2.75, 3.05) is 24.1 Å². The van der Waals surface area contributed by atoms with E-state index in [-0.39, 0.29) is 11.4 Å². The van der Waals surface area contributed by atoms with Crippen LogP contribution in [0.2, 0.25) is 0 Å². The minimum Gasteiger partial charge on any atom is -0.399 e. The van der Waals surface area contributed by atoms with Crippen LogP contribution >= 0.6 is 0 Å². The van der Waals surface area contributed by atoms with Crippen LogP contribution in [0.3, 0.4) is 0 Å². The number of benzene rings is 1. The topological polar surface area (TPSA) is 153 Å². The Morgan fingerprint density at radius 1 is 1.28 bits per heavy atom. The second-order valence-corrected chi connectivity index (χ2v) is 5.05. The van der Waals surface area contributed by atoms with E-state index in [0.29, 0.717) is 17.9 Å². The second-order valence-electron chi connectivity index (χ2n) is 3.52. The SMILES string of the molecule is NC(=O)NCCNc1ccc(N)cc1S(N)(=O)=O. The molecule has 0 heterocycles. The van der Waals surface area contributed by atoms with Crippen LogP contribution in [0, 0.1) is 0 Å². The minimum atomic E-state index is -3.86. The number of nitrogens with two attached hydrogens (primary N) is 3. The third kappa shape index (κ3) is 4.11. The first-order valence-electron chi connectivity index (χ1n) is 5.00. The molecule has 0 saturated heterocycles. The lowest BCUT2D eigenvalue weighted by atomic mass is 10.3. The lowest BCUT2D eigenvalue weighted by Crippen LogP contribution is -2.33. The molecule has 0 atom stereocenters. The highest BCUT2D eigenvalue weighted by atomic mass is 32.2. The van der Waals surface area contributed by atoms with Crippen molar-refractivity contribution in [1.29, 1.82) is 0 Å². The summed E-state index contributed by atoms with van der Waals surface area (Å²) in [5.74, 6) is 0. The third-order valence-corrected chi connectivity index (χ3v) is 3.00. The number of carbonyl (C=O) groups is 1. The van der Waals surface area contributed by atoms with E-state index < -0.39 is 16.1 Å². The van der Waals surface area contributed by atoms with E-state index in [1.165, 1.54) is 12.1 Å². The first kappa shape index (κ1) is 14.1. The van der Waals surface area contributed by atoms with Gasteiger partial charge in [-0.15, -0.1) is 0 Å². The van der Waals surface area contributed by atoms with Gasteiger partial charge >= 0.3 is 6.03 Å². The van der Waals surface area contributed by atoms with E-state index in [1.54, 1.807) is 6.07 Å². The number of primary sulfonamides is 1. The van der Waals surface area contributed by atoms with Crippen molar-refractivity contribution in [1.82, 2.24) is 5.32 Å². The first-order chi connectivity index (χ1) is 8.30. The molecule has 1 aromatic rings. The van der Waals surface area contributed by atoms with E-state index in [4.69, 9.17) is 16.6 Å². The average Bonchev–Trinajstić information content (AvgIpc) is 2.24. The summed E-state index contributed by atoms with van der Waals surface area (Å²) in [5.41, 5.74) is 11.0. The van der Waals surface area contributed by atoms with Crippen molar-refractivity contribution in [3.63, 3.8) is 0 Å². The standard InChI is InChI=1S/C9H15N5O3S/c10-6-1-2-7(8(5-6)18(12,16)17)13-3-4-14-9(11)15/h1-2,5,13H,3-4,10H2,(H3,11,14,15)(H2,12,16,17). The van der Waals surface area contributed by atoms with Gasteiger partial charge in [0.15, 0.2) is 0 Å². The van der Waals surface area contributed by atoms with E-state index >= 15 is 0 Å². The van der Waals surface area contributed by atoms with Crippen LogP contribution in [0.5, 0.6) is 0 Å². The molecule has 0 saturated carbocycles. The molecule has 0 aromatic heterocycles. The molecule has 9 heteroatoms. The molecular formula is C9H15N5O3S. The van der Waals surface area contributed by atoms with Gasteiger partial charge in [0.2, 0.25) is 10.0 Å². The van der Waals surface area contributed by atoms with Crippen LogP contribution in [0.1, 0.15) is 0 Å². The molecule has 0 radical (unpaired) electrons. The van der Waals surface area contributed by atoms with Gasteiger partial charge in [-0.1, -0.05) is 0 Å². The van der Waals surface area contributed by atoms with Crippen LogP contribution in [0.25, 0.3) is 0 Å². The summed E-state index contributed by atoms with van der Waals surface area (Å²) < 4.78 is 22.7. The Morgan fingerprint density at radius 2 is 1.94 bits per heavy atom. The van der Waals surface area contributed by atoms with Crippen LogP contribution in [0.15, 0.2) is 23.1 Å².